The van der Waals surface area contributed by atoms with Crippen LogP contribution in [0.5, 0.6) is 0 Å². The molecule has 0 spiro atoms. The number of aliphatic carboxylic acids is 1. The molecule has 7 heteroatoms. The molecule has 1 atom stereocenters. The van der Waals surface area contributed by atoms with E-state index in [-0.39, 0.29) is 17.9 Å². The number of hydrogen-bond donors (Lipinski definition) is 2. The lowest BCUT2D eigenvalue weighted by molar-refractivity contribution is -0.139. The molecule has 1 aromatic carbocycles. The maximum Gasteiger partial charge on any atom is 0.326 e. The van der Waals surface area contributed by atoms with Gasteiger partial charge in [0, 0.05) is 18.0 Å². The number of carboxylic acids is 1. The first-order valence-electron chi connectivity index (χ1n) is 7.47. The van der Waals surface area contributed by atoms with Gasteiger partial charge in [0.2, 0.25) is 0 Å². The summed E-state index contributed by atoms with van der Waals surface area (Å²) < 4.78 is 14.3. The van der Waals surface area contributed by atoms with Gasteiger partial charge in [0.15, 0.2) is 0 Å². The maximum atomic E-state index is 14.3. The summed E-state index contributed by atoms with van der Waals surface area (Å²) in [4.78, 5) is 31.1. The summed E-state index contributed by atoms with van der Waals surface area (Å²) in [5.41, 5.74) is 0.943. The van der Waals surface area contributed by atoms with Crippen LogP contribution >= 0.6 is 0 Å². The van der Waals surface area contributed by atoms with Gasteiger partial charge in [0.1, 0.15) is 18.2 Å². The van der Waals surface area contributed by atoms with Crippen molar-refractivity contribution in [3.63, 3.8) is 0 Å². The number of rotatable bonds is 6. The van der Waals surface area contributed by atoms with Gasteiger partial charge in [-0.1, -0.05) is 19.9 Å². The summed E-state index contributed by atoms with van der Waals surface area (Å²) in [6.07, 6.45) is 4.69. The van der Waals surface area contributed by atoms with E-state index < -0.39 is 23.7 Å². The summed E-state index contributed by atoms with van der Waals surface area (Å²) >= 11 is 0. The largest absolute Gasteiger partial charge is 0.480 e. The highest BCUT2D eigenvalue weighted by atomic mass is 19.1. The molecule has 2 rings (SSSR count). The van der Waals surface area contributed by atoms with Crippen molar-refractivity contribution in [3.05, 3.63) is 48.3 Å². The Balaban J connectivity index is 2.19. The standard InChI is InChI=1S/C17H18FN3O3/c1-10(2)5-15(17(23)24)21-16(22)13-4-3-11(6-14(13)18)12-7-19-9-20-8-12/h3-4,6-10,15H,5H2,1-2H3,(H,21,22)(H,23,24)/t15-/m1/s1. The van der Waals surface area contributed by atoms with E-state index in [2.05, 4.69) is 15.3 Å². The van der Waals surface area contributed by atoms with E-state index in [4.69, 9.17) is 5.11 Å². The Kier molecular flexibility index (Phi) is 5.57. The second-order valence-corrected chi connectivity index (χ2v) is 5.82. The van der Waals surface area contributed by atoms with Crippen molar-refractivity contribution in [2.45, 2.75) is 26.3 Å². The molecule has 2 aromatic rings. The Morgan fingerprint density at radius 3 is 2.42 bits per heavy atom. The number of carbonyl (C=O) groups excluding carboxylic acids is 1. The van der Waals surface area contributed by atoms with Crippen molar-refractivity contribution in [2.75, 3.05) is 0 Å². The first-order chi connectivity index (χ1) is 11.4. The van der Waals surface area contributed by atoms with Crippen molar-refractivity contribution >= 4 is 11.9 Å². The van der Waals surface area contributed by atoms with Crippen molar-refractivity contribution in [3.8, 4) is 11.1 Å². The number of halogens is 1. The van der Waals surface area contributed by atoms with Crippen molar-refractivity contribution in [1.82, 2.24) is 15.3 Å². The summed E-state index contributed by atoms with van der Waals surface area (Å²) in [7, 11) is 0. The molecule has 0 saturated carbocycles. The van der Waals surface area contributed by atoms with Crippen LogP contribution < -0.4 is 5.32 Å². The molecule has 0 unspecified atom stereocenters. The van der Waals surface area contributed by atoms with Crippen LogP contribution in [0.15, 0.2) is 36.9 Å². The fraction of sp³-hybridized carbons (Fsp3) is 0.294. The minimum Gasteiger partial charge on any atom is -0.480 e. The molecule has 0 aliphatic carbocycles. The molecule has 1 amide bonds. The Morgan fingerprint density at radius 1 is 1.21 bits per heavy atom. The minimum atomic E-state index is -1.14. The van der Waals surface area contributed by atoms with Crippen LogP contribution in [0, 0.1) is 11.7 Å². The molecule has 0 saturated heterocycles. The zero-order chi connectivity index (χ0) is 17.7. The third-order valence-corrected chi connectivity index (χ3v) is 3.42. The van der Waals surface area contributed by atoms with Gasteiger partial charge in [-0.2, -0.15) is 0 Å². The highest BCUT2D eigenvalue weighted by molar-refractivity contribution is 5.97. The van der Waals surface area contributed by atoms with Gasteiger partial charge in [-0.05, 0) is 30.0 Å². The van der Waals surface area contributed by atoms with Gasteiger partial charge in [0.05, 0.1) is 5.56 Å². The van der Waals surface area contributed by atoms with Crippen LogP contribution in [0.1, 0.15) is 30.6 Å². The van der Waals surface area contributed by atoms with E-state index in [1.807, 2.05) is 13.8 Å². The number of nitrogens with zero attached hydrogens (tertiary/aromatic N) is 2. The molecule has 6 nitrogen and oxygen atoms in total. The zero-order valence-electron chi connectivity index (χ0n) is 13.4. The second-order valence-electron chi connectivity index (χ2n) is 5.82. The molecule has 2 N–H and O–H groups in total. The Hall–Kier alpha value is -2.83. The van der Waals surface area contributed by atoms with Crippen LogP contribution in [0.25, 0.3) is 11.1 Å². The number of amides is 1. The number of hydrogen-bond acceptors (Lipinski definition) is 4. The van der Waals surface area contributed by atoms with E-state index in [1.165, 1.54) is 30.9 Å². The van der Waals surface area contributed by atoms with E-state index in [9.17, 15) is 14.0 Å². The van der Waals surface area contributed by atoms with Crippen molar-refractivity contribution in [2.24, 2.45) is 5.92 Å². The van der Waals surface area contributed by atoms with Crippen LogP contribution in [-0.2, 0) is 4.79 Å². The van der Waals surface area contributed by atoms with Gasteiger partial charge in [0.25, 0.3) is 5.91 Å². The topological polar surface area (TPSA) is 92.2 Å². The molecule has 24 heavy (non-hydrogen) atoms. The first-order valence-corrected chi connectivity index (χ1v) is 7.47. The lowest BCUT2D eigenvalue weighted by Gasteiger charge is -2.16. The molecule has 0 radical (unpaired) electrons. The zero-order valence-corrected chi connectivity index (χ0v) is 13.4. The molecule has 126 valence electrons. The number of aromatic nitrogens is 2. The van der Waals surface area contributed by atoms with E-state index in [0.717, 1.165) is 0 Å². The quantitative estimate of drug-likeness (QED) is 0.848. The van der Waals surface area contributed by atoms with E-state index >= 15 is 0 Å². The number of carbonyl (C=O) groups is 2. The van der Waals surface area contributed by atoms with Gasteiger partial charge in [-0.3, -0.25) is 4.79 Å². The number of nitrogens with one attached hydrogen (secondary N) is 1. The molecule has 0 aliphatic heterocycles. The lowest BCUT2D eigenvalue weighted by Crippen LogP contribution is -2.41. The Morgan fingerprint density at radius 2 is 1.88 bits per heavy atom. The number of benzene rings is 1. The van der Waals surface area contributed by atoms with E-state index in [1.54, 1.807) is 6.07 Å². The molecule has 0 bridgehead atoms. The summed E-state index contributed by atoms with van der Waals surface area (Å²) in [6.45, 7) is 3.69. The maximum absolute atomic E-state index is 14.3. The van der Waals surface area contributed by atoms with Crippen LogP contribution in [-0.4, -0.2) is 33.0 Å². The molecule has 0 fully saturated rings. The fourth-order valence-electron chi connectivity index (χ4n) is 2.26. The highest BCUT2D eigenvalue weighted by Gasteiger charge is 2.23. The first kappa shape index (κ1) is 17.5. The predicted octanol–water partition coefficient (Wildman–Crippen LogP) is 2.51. The van der Waals surface area contributed by atoms with Crippen LogP contribution in [0.2, 0.25) is 0 Å². The SMILES string of the molecule is CC(C)C[C@@H](NC(=O)c1ccc(-c2cncnc2)cc1F)C(=O)O. The third-order valence-electron chi connectivity index (χ3n) is 3.42. The molecule has 0 aliphatic rings. The number of carboxylic acid groups (broad SMARTS) is 1. The average Bonchev–Trinajstić information content (AvgIpc) is 2.54. The molecule has 1 heterocycles. The van der Waals surface area contributed by atoms with Crippen LogP contribution in [0.3, 0.4) is 0 Å². The molecule has 1 aromatic heterocycles. The van der Waals surface area contributed by atoms with Crippen molar-refractivity contribution < 1.29 is 19.1 Å². The molecular weight excluding hydrogens is 313 g/mol. The van der Waals surface area contributed by atoms with Gasteiger partial charge in [-0.15, -0.1) is 0 Å². The smallest absolute Gasteiger partial charge is 0.326 e. The summed E-state index contributed by atoms with van der Waals surface area (Å²) in [6, 6.07) is 3.03. The second kappa shape index (κ2) is 7.63. The Labute approximate surface area is 138 Å². The predicted molar refractivity (Wildman–Crippen MR) is 85.8 cm³/mol. The normalized spacial score (nSPS) is 12.0. The average molecular weight is 331 g/mol. The van der Waals surface area contributed by atoms with Gasteiger partial charge < -0.3 is 10.4 Å². The van der Waals surface area contributed by atoms with E-state index in [0.29, 0.717) is 11.1 Å². The van der Waals surface area contributed by atoms with Crippen LogP contribution in [0.4, 0.5) is 4.39 Å². The summed E-state index contributed by atoms with van der Waals surface area (Å²) in [5, 5.41) is 11.5. The monoisotopic (exact) mass is 331 g/mol. The van der Waals surface area contributed by atoms with Gasteiger partial charge >= 0.3 is 5.97 Å². The molecular formula is C17H18FN3O3. The fourth-order valence-corrected chi connectivity index (χ4v) is 2.26. The Bertz CT molecular complexity index is 735. The summed E-state index contributed by atoms with van der Waals surface area (Å²) in [5.74, 6) is -2.55. The third kappa shape index (κ3) is 4.34. The van der Waals surface area contributed by atoms with Crippen molar-refractivity contribution in [1.29, 1.82) is 0 Å². The highest BCUT2D eigenvalue weighted by Crippen LogP contribution is 2.20. The lowest BCUT2D eigenvalue weighted by atomic mass is 10.0. The minimum absolute atomic E-state index is 0.0803. The van der Waals surface area contributed by atoms with Gasteiger partial charge in [-0.25, -0.2) is 19.2 Å².